The van der Waals surface area contributed by atoms with Gasteiger partial charge in [0.25, 0.3) is 5.91 Å². The topological polar surface area (TPSA) is 128 Å². The highest BCUT2D eigenvalue weighted by molar-refractivity contribution is 6.06. The number of aromatic nitrogens is 4. The Kier molecular flexibility index (Phi) is 6.17. The van der Waals surface area contributed by atoms with E-state index in [9.17, 15) is 14.7 Å². The van der Waals surface area contributed by atoms with Crippen molar-refractivity contribution in [1.82, 2.24) is 19.5 Å². The molecule has 4 unspecified atom stereocenters. The molecule has 5 rings (SSSR count). The third kappa shape index (κ3) is 4.46. The highest BCUT2D eigenvalue weighted by Crippen LogP contribution is 2.34. The molecule has 1 amide bonds. The number of aliphatic hydroxyl groups is 1. The number of rotatable bonds is 6. The van der Waals surface area contributed by atoms with Crippen LogP contribution in [0.4, 0.5) is 10.2 Å². The number of carbonyl (C=O) groups is 2. The average Bonchev–Trinajstić information content (AvgIpc) is 3.45. The van der Waals surface area contributed by atoms with Crippen molar-refractivity contribution >= 4 is 28.9 Å². The van der Waals surface area contributed by atoms with Crippen molar-refractivity contribution in [2.75, 3.05) is 11.9 Å². The minimum absolute atomic E-state index is 0.143. The Hall–Kier alpha value is -4.22. The van der Waals surface area contributed by atoms with E-state index in [1.807, 2.05) is 0 Å². The number of esters is 1. The normalized spacial score (nSPS) is 21.7. The van der Waals surface area contributed by atoms with E-state index in [2.05, 4.69) is 20.3 Å². The first-order valence-electron chi connectivity index (χ1n) is 10.8. The first-order valence-corrected chi connectivity index (χ1v) is 10.8. The van der Waals surface area contributed by atoms with Crippen molar-refractivity contribution in [3.05, 3.63) is 84.4 Å². The molecule has 3 heterocycles. The number of hydrogen-bond acceptors (Lipinski definition) is 8. The molecular weight excluding hydrogens is 457 g/mol. The maximum absolute atomic E-state index is 15.0. The number of anilines is 1. The molecule has 0 radical (unpaired) electrons. The first-order chi connectivity index (χ1) is 17.0. The molecular formula is C24H20FN5O5. The highest BCUT2D eigenvalue weighted by Gasteiger charge is 2.46. The van der Waals surface area contributed by atoms with E-state index >= 15 is 4.39 Å². The SMILES string of the molecule is O=C(Nc1ncnc2c1ncn2C1OC(COC(=O)c2ccccc2)C(O)C1F)c1ccccc1. The molecule has 4 atom stereocenters. The zero-order valence-corrected chi connectivity index (χ0v) is 18.2. The smallest absolute Gasteiger partial charge is 0.338 e. The fourth-order valence-corrected chi connectivity index (χ4v) is 3.78. The Morgan fingerprint density at radius 3 is 2.43 bits per heavy atom. The minimum Gasteiger partial charge on any atom is -0.459 e. The summed E-state index contributed by atoms with van der Waals surface area (Å²) in [7, 11) is 0. The van der Waals surface area contributed by atoms with Crippen molar-refractivity contribution in [2.45, 2.75) is 24.6 Å². The van der Waals surface area contributed by atoms with Gasteiger partial charge in [-0.1, -0.05) is 36.4 Å². The monoisotopic (exact) mass is 477 g/mol. The second-order valence-corrected chi connectivity index (χ2v) is 7.83. The van der Waals surface area contributed by atoms with Crippen LogP contribution in [0.25, 0.3) is 11.2 Å². The Bertz CT molecular complexity index is 1350. The van der Waals surface area contributed by atoms with Crippen LogP contribution in [0.3, 0.4) is 0 Å². The van der Waals surface area contributed by atoms with Gasteiger partial charge in [-0.15, -0.1) is 0 Å². The summed E-state index contributed by atoms with van der Waals surface area (Å²) in [6, 6.07) is 16.9. The van der Waals surface area contributed by atoms with Gasteiger partial charge in [0.05, 0.1) is 11.9 Å². The van der Waals surface area contributed by atoms with Crippen LogP contribution in [0.15, 0.2) is 73.3 Å². The summed E-state index contributed by atoms with van der Waals surface area (Å²) in [6.45, 7) is -0.341. The van der Waals surface area contributed by atoms with Gasteiger partial charge in [0, 0.05) is 5.56 Å². The van der Waals surface area contributed by atoms with Crippen molar-refractivity contribution in [3.63, 3.8) is 0 Å². The second kappa shape index (κ2) is 9.57. The number of benzene rings is 2. The standard InChI is InChI=1S/C24H20FN5O5/c25-17-19(31)16(11-34-24(33)15-9-5-2-6-10-15)35-23(17)30-13-28-18-20(26-12-27-21(18)30)29-22(32)14-7-3-1-4-8-14/h1-10,12-13,16-17,19,23,31H,11H2,(H,26,27,29,32). The molecule has 2 aromatic carbocycles. The van der Waals surface area contributed by atoms with Crippen molar-refractivity contribution in [2.24, 2.45) is 0 Å². The molecule has 1 saturated heterocycles. The molecule has 2 aromatic heterocycles. The summed E-state index contributed by atoms with van der Waals surface area (Å²) in [5, 5.41) is 13.0. The molecule has 35 heavy (non-hydrogen) atoms. The van der Waals surface area contributed by atoms with Crippen LogP contribution in [-0.2, 0) is 9.47 Å². The Morgan fingerprint density at radius 1 is 1.03 bits per heavy atom. The molecule has 1 fully saturated rings. The molecule has 10 nitrogen and oxygen atoms in total. The lowest BCUT2D eigenvalue weighted by molar-refractivity contribution is -0.0529. The van der Waals surface area contributed by atoms with Crippen LogP contribution in [-0.4, -0.2) is 61.5 Å². The van der Waals surface area contributed by atoms with Gasteiger partial charge in [0.2, 0.25) is 0 Å². The summed E-state index contributed by atoms with van der Waals surface area (Å²) in [6.07, 6.45) is -3.26. The molecule has 0 saturated carbocycles. The lowest BCUT2D eigenvalue weighted by Crippen LogP contribution is -2.32. The molecule has 1 aliphatic rings. The number of halogens is 1. The maximum Gasteiger partial charge on any atom is 0.338 e. The largest absolute Gasteiger partial charge is 0.459 e. The van der Waals surface area contributed by atoms with Gasteiger partial charge in [0.15, 0.2) is 29.4 Å². The predicted molar refractivity (Wildman–Crippen MR) is 121 cm³/mol. The van der Waals surface area contributed by atoms with Crippen LogP contribution >= 0.6 is 0 Å². The van der Waals surface area contributed by atoms with Crippen LogP contribution < -0.4 is 5.32 Å². The van der Waals surface area contributed by atoms with Crippen molar-refractivity contribution in [1.29, 1.82) is 0 Å². The molecule has 4 aromatic rings. The summed E-state index contributed by atoms with van der Waals surface area (Å²) in [4.78, 5) is 37.2. The van der Waals surface area contributed by atoms with Crippen LogP contribution in [0.2, 0.25) is 0 Å². The van der Waals surface area contributed by atoms with Crippen LogP contribution in [0.5, 0.6) is 0 Å². The molecule has 11 heteroatoms. The van der Waals surface area contributed by atoms with Gasteiger partial charge in [-0.05, 0) is 24.3 Å². The average molecular weight is 477 g/mol. The fourth-order valence-electron chi connectivity index (χ4n) is 3.78. The maximum atomic E-state index is 15.0. The van der Waals surface area contributed by atoms with Gasteiger partial charge in [0.1, 0.15) is 25.1 Å². The molecule has 0 spiro atoms. The molecule has 2 N–H and O–H groups in total. The zero-order chi connectivity index (χ0) is 24.4. The second-order valence-electron chi connectivity index (χ2n) is 7.83. The number of carbonyl (C=O) groups excluding carboxylic acids is 2. The van der Waals surface area contributed by atoms with E-state index in [-0.39, 0.29) is 23.6 Å². The quantitative estimate of drug-likeness (QED) is 0.406. The number of alkyl halides is 1. The first kappa shape index (κ1) is 22.6. The van der Waals surface area contributed by atoms with Crippen LogP contribution in [0.1, 0.15) is 26.9 Å². The van der Waals surface area contributed by atoms with Gasteiger partial charge >= 0.3 is 5.97 Å². The highest BCUT2D eigenvalue weighted by atomic mass is 19.1. The molecule has 178 valence electrons. The fraction of sp³-hybridized carbons (Fsp3) is 0.208. The number of nitrogens with zero attached hydrogens (tertiary/aromatic N) is 4. The zero-order valence-electron chi connectivity index (χ0n) is 18.2. The van der Waals surface area contributed by atoms with Gasteiger partial charge in [-0.2, -0.15) is 0 Å². The number of nitrogens with one attached hydrogen (secondary N) is 1. The summed E-state index contributed by atoms with van der Waals surface area (Å²) >= 11 is 0. The predicted octanol–water partition coefficient (Wildman–Crippen LogP) is 2.53. The van der Waals surface area contributed by atoms with E-state index < -0.39 is 36.5 Å². The Labute approximate surface area is 198 Å². The Balaban J connectivity index is 1.32. The van der Waals surface area contributed by atoms with Crippen molar-refractivity contribution < 1.29 is 28.6 Å². The lowest BCUT2D eigenvalue weighted by Gasteiger charge is -2.15. The number of hydrogen-bond donors (Lipinski definition) is 2. The van der Waals surface area contributed by atoms with E-state index in [1.165, 1.54) is 17.2 Å². The van der Waals surface area contributed by atoms with E-state index in [4.69, 9.17) is 9.47 Å². The summed E-state index contributed by atoms with van der Waals surface area (Å²) < 4.78 is 27.2. The van der Waals surface area contributed by atoms with E-state index in [0.717, 1.165) is 0 Å². The van der Waals surface area contributed by atoms with Crippen molar-refractivity contribution in [3.8, 4) is 0 Å². The molecule has 1 aliphatic heterocycles. The Morgan fingerprint density at radius 2 is 1.71 bits per heavy atom. The number of ether oxygens (including phenoxy) is 2. The molecule has 0 aliphatic carbocycles. The number of imidazole rings is 1. The number of fused-ring (bicyclic) bond motifs is 1. The van der Waals surface area contributed by atoms with Gasteiger partial charge in [-0.3, -0.25) is 9.36 Å². The van der Waals surface area contributed by atoms with Gasteiger partial charge < -0.3 is 19.9 Å². The third-order valence-electron chi connectivity index (χ3n) is 5.58. The summed E-state index contributed by atoms with van der Waals surface area (Å²) in [5.41, 5.74) is 1.18. The number of aliphatic hydroxyl groups excluding tert-OH is 1. The third-order valence-corrected chi connectivity index (χ3v) is 5.58. The molecule has 0 bridgehead atoms. The summed E-state index contributed by atoms with van der Waals surface area (Å²) in [5.74, 6) is -0.860. The van der Waals surface area contributed by atoms with E-state index in [1.54, 1.807) is 60.7 Å². The lowest BCUT2D eigenvalue weighted by atomic mass is 10.1. The minimum atomic E-state index is -1.84. The van der Waals surface area contributed by atoms with E-state index in [0.29, 0.717) is 11.1 Å². The van der Waals surface area contributed by atoms with Gasteiger partial charge in [-0.25, -0.2) is 24.1 Å². The number of amides is 1. The van der Waals surface area contributed by atoms with Crippen LogP contribution in [0, 0.1) is 0 Å².